The maximum Gasteiger partial charge on any atom is 0.416 e. The van der Waals surface area contributed by atoms with Gasteiger partial charge in [0.25, 0.3) is 5.91 Å². The first kappa shape index (κ1) is 24.5. The first-order chi connectivity index (χ1) is 16.6. The fourth-order valence-corrected chi connectivity index (χ4v) is 4.34. The zero-order chi connectivity index (χ0) is 25.2. The van der Waals surface area contributed by atoms with Gasteiger partial charge in [-0.3, -0.25) is 14.5 Å². The molecule has 1 aliphatic rings. The lowest BCUT2D eigenvalue weighted by atomic mass is 9.97. The molecule has 0 radical (unpaired) electrons. The minimum atomic E-state index is -4.42. The minimum absolute atomic E-state index is 0.0678. The van der Waals surface area contributed by atoms with Crippen molar-refractivity contribution >= 4 is 17.5 Å². The molecule has 1 atom stereocenters. The van der Waals surface area contributed by atoms with Gasteiger partial charge in [-0.2, -0.15) is 13.2 Å². The molecule has 1 heterocycles. The summed E-state index contributed by atoms with van der Waals surface area (Å²) in [4.78, 5) is 26.6. The number of carbonyl (C=O) groups excluding carboxylic acids is 2. The lowest BCUT2D eigenvalue weighted by Gasteiger charge is -2.34. The van der Waals surface area contributed by atoms with E-state index in [2.05, 4.69) is 15.5 Å². The zero-order valence-corrected chi connectivity index (χ0v) is 19.4. The Balaban J connectivity index is 1.50. The Bertz CT molecular complexity index is 1240. The van der Waals surface area contributed by atoms with Crippen molar-refractivity contribution in [1.29, 1.82) is 0 Å². The molecule has 0 spiro atoms. The van der Waals surface area contributed by atoms with Gasteiger partial charge in [0.2, 0.25) is 5.91 Å². The second-order valence-corrected chi connectivity index (χ2v) is 8.66. The molecule has 35 heavy (non-hydrogen) atoms. The monoisotopic (exact) mass is 481 g/mol. The molecule has 3 aromatic rings. The van der Waals surface area contributed by atoms with E-state index in [1.807, 2.05) is 25.1 Å². The van der Waals surface area contributed by atoms with E-state index in [4.69, 9.17) is 0 Å². The SMILES string of the molecule is CC(=O)NC(C)N1CCc2cc(NC(=O)c3ccccc3-c3ccc(C(F)(F)F)cc3)ccc2C1. The maximum absolute atomic E-state index is 13.1. The van der Waals surface area contributed by atoms with Crippen LogP contribution in [0.5, 0.6) is 0 Å². The molecule has 2 amide bonds. The van der Waals surface area contributed by atoms with E-state index in [9.17, 15) is 22.8 Å². The van der Waals surface area contributed by atoms with Crippen LogP contribution in [-0.4, -0.2) is 29.4 Å². The number of carbonyl (C=O) groups is 2. The van der Waals surface area contributed by atoms with E-state index in [0.29, 0.717) is 28.9 Å². The molecule has 1 unspecified atom stereocenters. The van der Waals surface area contributed by atoms with Crippen molar-refractivity contribution in [3.8, 4) is 11.1 Å². The average Bonchev–Trinajstić information content (AvgIpc) is 2.83. The van der Waals surface area contributed by atoms with Crippen LogP contribution in [0.25, 0.3) is 11.1 Å². The van der Waals surface area contributed by atoms with E-state index in [1.54, 1.807) is 24.3 Å². The van der Waals surface area contributed by atoms with Crippen molar-refractivity contribution in [2.24, 2.45) is 0 Å². The molecule has 8 heteroatoms. The average molecular weight is 482 g/mol. The Morgan fingerprint density at radius 1 is 0.971 bits per heavy atom. The van der Waals surface area contributed by atoms with Crippen LogP contribution in [0.1, 0.15) is 40.9 Å². The normalized spacial score (nSPS) is 14.7. The van der Waals surface area contributed by atoms with E-state index < -0.39 is 11.7 Å². The van der Waals surface area contributed by atoms with Crippen LogP contribution in [0.3, 0.4) is 0 Å². The minimum Gasteiger partial charge on any atom is -0.341 e. The molecule has 0 bridgehead atoms. The van der Waals surface area contributed by atoms with Crippen molar-refractivity contribution in [3.63, 3.8) is 0 Å². The highest BCUT2D eigenvalue weighted by Crippen LogP contribution is 2.32. The second kappa shape index (κ2) is 9.92. The van der Waals surface area contributed by atoms with Crippen LogP contribution in [0, 0.1) is 0 Å². The first-order valence-corrected chi connectivity index (χ1v) is 11.3. The summed E-state index contributed by atoms with van der Waals surface area (Å²) in [6, 6.07) is 17.4. The summed E-state index contributed by atoms with van der Waals surface area (Å²) >= 11 is 0. The number of nitrogens with one attached hydrogen (secondary N) is 2. The first-order valence-electron chi connectivity index (χ1n) is 11.3. The van der Waals surface area contributed by atoms with Crippen molar-refractivity contribution in [2.75, 3.05) is 11.9 Å². The predicted molar refractivity (Wildman–Crippen MR) is 129 cm³/mol. The fourth-order valence-electron chi connectivity index (χ4n) is 4.34. The number of halogens is 3. The number of nitrogens with zero attached hydrogens (tertiary/aromatic N) is 1. The Kier molecular flexibility index (Phi) is 6.93. The van der Waals surface area contributed by atoms with Crippen LogP contribution in [0.4, 0.5) is 18.9 Å². The summed E-state index contributed by atoms with van der Waals surface area (Å²) in [5.74, 6) is -0.407. The summed E-state index contributed by atoms with van der Waals surface area (Å²) in [5.41, 5.74) is 3.64. The number of fused-ring (bicyclic) bond motifs is 1. The summed E-state index contributed by atoms with van der Waals surface area (Å²) in [6.45, 7) is 4.93. The molecule has 2 N–H and O–H groups in total. The molecule has 182 valence electrons. The third kappa shape index (κ3) is 5.71. The summed E-state index contributed by atoms with van der Waals surface area (Å²) in [6.07, 6.45) is -3.70. The lowest BCUT2D eigenvalue weighted by molar-refractivity contribution is -0.137. The topological polar surface area (TPSA) is 61.4 Å². The standard InChI is InChI=1S/C27H26F3N3O2/c1-17(31-18(2)34)33-14-13-20-15-23(12-9-21(20)16-33)32-26(35)25-6-4-3-5-24(25)19-7-10-22(11-8-19)27(28,29)30/h3-12,15,17H,13-14,16H2,1-2H3,(H,31,34)(H,32,35). The largest absolute Gasteiger partial charge is 0.416 e. The number of amides is 2. The summed E-state index contributed by atoms with van der Waals surface area (Å²) in [5, 5.41) is 5.83. The Morgan fingerprint density at radius 2 is 1.69 bits per heavy atom. The molecular formula is C27H26F3N3O2. The summed E-state index contributed by atoms with van der Waals surface area (Å²) < 4.78 is 38.8. The van der Waals surface area contributed by atoms with E-state index >= 15 is 0 Å². The van der Waals surface area contributed by atoms with Crippen molar-refractivity contribution in [1.82, 2.24) is 10.2 Å². The smallest absolute Gasteiger partial charge is 0.341 e. The van der Waals surface area contributed by atoms with Crippen LogP contribution in [0.2, 0.25) is 0 Å². The van der Waals surface area contributed by atoms with Crippen LogP contribution >= 0.6 is 0 Å². The Morgan fingerprint density at radius 3 is 2.37 bits per heavy atom. The second-order valence-electron chi connectivity index (χ2n) is 8.66. The number of hydrogen-bond acceptors (Lipinski definition) is 3. The van der Waals surface area contributed by atoms with Crippen molar-refractivity contribution < 1.29 is 22.8 Å². The highest BCUT2D eigenvalue weighted by molar-refractivity contribution is 6.08. The molecule has 4 rings (SSSR count). The third-order valence-corrected chi connectivity index (χ3v) is 6.16. The van der Waals surface area contributed by atoms with Crippen LogP contribution in [-0.2, 0) is 23.9 Å². The van der Waals surface area contributed by atoms with Gasteiger partial charge < -0.3 is 10.6 Å². The van der Waals surface area contributed by atoms with Gasteiger partial charge in [-0.1, -0.05) is 36.4 Å². The predicted octanol–water partition coefficient (Wildman–Crippen LogP) is 5.46. The van der Waals surface area contributed by atoms with Gasteiger partial charge >= 0.3 is 6.18 Å². The lowest BCUT2D eigenvalue weighted by Crippen LogP contribution is -2.47. The number of benzene rings is 3. The number of anilines is 1. The summed E-state index contributed by atoms with van der Waals surface area (Å²) in [7, 11) is 0. The van der Waals surface area contributed by atoms with Gasteiger partial charge in [0, 0.05) is 31.3 Å². The third-order valence-electron chi connectivity index (χ3n) is 6.16. The van der Waals surface area contributed by atoms with E-state index in [0.717, 1.165) is 36.2 Å². The highest BCUT2D eigenvalue weighted by atomic mass is 19.4. The molecule has 0 fully saturated rings. The molecule has 0 aromatic heterocycles. The Labute approximate surface area is 202 Å². The van der Waals surface area contributed by atoms with Crippen LogP contribution < -0.4 is 10.6 Å². The van der Waals surface area contributed by atoms with Gasteiger partial charge in [-0.15, -0.1) is 0 Å². The molecule has 0 saturated carbocycles. The Hall–Kier alpha value is -3.65. The van der Waals surface area contributed by atoms with Crippen molar-refractivity contribution in [2.45, 2.75) is 39.2 Å². The quantitative estimate of drug-likeness (QED) is 0.509. The van der Waals surface area contributed by atoms with Gasteiger partial charge in [0.1, 0.15) is 0 Å². The number of alkyl halides is 3. The zero-order valence-electron chi connectivity index (χ0n) is 19.4. The number of hydrogen-bond donors (Lipinski definition) is 2. The van der Waals surface area contributed by atoms with E-state index in [1.165, 1.54) is 19.1 Å². The molecule has 0 aliphatic carbocycles. The van der Waals surface area contributed by atoms with Gasteiger partial charge in [-0.05, 0) is 65.9 Å². The molecule has 5 nitrogen and oxygen atoms in total. The highest BCUT2D eigenvalue weighted by Gasteiger charge is 2.30. The fraction of sp³-hybridized carbons (Fsp3) is 0.259. The number of rotatable bonds is 5. The molecule has 3 aromatic carbocycles. The maximum atomic E-state index is 13.1. The molecular weight excluding hydrogens is 455 g/mol. The van der Waals surface area contributed by atoms with E-state index in [-0.39, 0.29) is 18.0 Å². The van der Waals surface area contributed by atoms with Gasteiger partial charge in [0.05, 0.1) is 11.7 Å². The van der Waals surface area contributed by atoms with Crippen molar-refractivity contribution in [3.05, 3.63) is 89.0 Å². The molecule has 1 aliphatic heterocycles. The molecule has 0 saturated heterocycles. The van der Waals surface area contributed by atoms with Gasteiger partial charge in [0.15, 0.2) is 0 Å². The van der Waals surface area contributed by atoms with Gasteiger partial charge in [-0.25, -0.2) is 0 Å². The van der Waals surface area contributed by atoms with Crippen LogP contribution in [0.15, 0.2) is 66.7 Å².